The fraction of sp³-hybridized carbons (Fsp3) is 0.227. The molecular weight excluding hydrogens is 492 g/mol. The number of anilines is 1. The Balaban J connectivity index is 0.000000429. The predicted octanol–water partition coefficient (Wildman–Crippen LogP) is 3.85. The third-order valence-corrected chi connectivity index (χ3v) is 6.42. The van der Waals surface area contributed by atoms with E-state index in [0.717, 1.165) is 12.8 Å². The standard InChI is InChI=1S/C20H19FN4O2S.C2HF3O2/c21-18-9-14(7-8-16(18)15-11-23-20(22)24-12-15)17-3-1-2-4-19(17)28(26,27)25-10-13-5-6-13;3-2(4,5)1(6)7/h1-4,7-9,11-13,25H,5-6,10H2,(H2,22,23,24);(H,6,7). The zero-order valence-electron chi connectivity index (χ0n) is 18.0. The second kappa shape index (κ2) is 10.4. The molecule has 8 nitrogen and oxygen atoms in total. The summed E-state index contributed by atoms with van der Waals surface area (Å²) in [5.41, 5.74) is 7.20. The number of rotatable bonds is 6. The van der Waals surface area contributed by atoms with Crippen LogP contribution in [-0.2, 0) is 14.8 Å². The van der Waals surface area contributed by atoms with E-state index >= 15 is 0 Å². The van der Waals surface area contributed by atoms with Crippen molar-refractivity contribution in [1.29, 1.82) is 0 Å². The minimum Gasteiger partial charge on any atom is -0.475 e. The molecule has 1 aromatic heterocycles. The molecule has 4 N–H and O–H groups in total. The second-order valence-electron chi connectivity index (χ2n) is 7.62. The van der Waals surface area contributed by atoms with Gasteiger partial charge in [-0.1, -0.05) is 30.3 Å². The molecule has 1 aliphatic rings. The summed E-state index contributed by atoms with van der Waals surface area (Å²) >= 11 is 0. The SMILES string of the molecule is Nc1ncc(-c2ccc(-c3ccccc3S(=O)(=O)NCC3CC3)cc2F)cn1.O=C(O)C(F)(F)F. The number of carboxylic acids is 1. The molecule has 1 heterocycles. The number of sulfonamides is 1. The smallest absolute Gasteiger partial charge is 0.475 e. The number of nitrogen functional groups attached to an aromatic ring is 1. The van der Waals surface area contributed by atoms with Gasteiger partial charge in [-0.15, -0.1) is 0 Å². The molecule has 1 saturated carbocycles. The maximum atomic E-state index is 14.8. The fourth-order valence-electron chi connectivity index (χ4n) is 2.96. The van der Waals surface area contributed by atoms with Gasteiger partial charge in [-0.25, -0.2) is 32.3 Å². The first kappa shape index (κ1) is 26.0. The number of hydrogen-bond acceptors (Lipinski definition) is 6. The lowest BCUT2D eigenvalue weighted by Crippen LogP contribution is -2.26. The van der Waals surface area contributed by atoms with E-state index in [1.807, 2.05) is 0 Å². The average molecular weight is 512 g/mol. The molecule has 0 aliphatic heterocycles. The Labute approximate surface area is 197 Å². The van der Waals surface area contributed by atoms with Crippen LogP contribution in [0.2, 0.25) is 0 Å². The molecule has 0 spiro atoms. The van der Waals surface area contributed by atoms with Crippen LogP contribution >= 0.6 is 0 Å². The van der Waals surface area contributed by atoms with Crippen LogP contribution in [0.15, 0.2) is 59.8 Å². The molecule has 2 aromatic carbocycles. The molecule has 186 valence electrons. The molecule has 4 rings (SSSR count). The van der Waals surface area contributed by atoms with Crippen molar-refractivity contribution in [1.82, 2.24) is 14.7 Å². The molecule has 35 heavy (non-hydrogen) atoms. The number of aromatic nitrogens is 2. The van der Waals surface area contributed by atoms with Crippen molar-refractivity contribution in [2.45, 2.75) is 23.9 Å². The van der Waals surface area contributed by atoms with E-state index in [0.29, 0.717) is 34.7 Å². The van der Waals surface area contributed by atoms with Gasteiger partial charge in [0.25, 0.3) is 0 Å². The molecule has 1 fully saturated rings. The largest absolute Gasteiger partial charge is 0.490 e. The number of alkyl halides is 3. The number of nitrogens with one attached hydrogen (secondary N) is 1. The number of hydrogen-bond donors (Lipinski definition) is 3. The van der Waals surface area contributed by atoms with Crippen molar-refractivity contribution in [2.75, 3.05) is 12.3 Å². The molecule has 0 atom stereocenters. The molecule has 0 bridgehead atoms. The lowest BCUT2D eigenvalue weighted by atomic mass is 10.0. The summed E-state index contributed by atoms with van der Waals surface area (Å²) in [7, 11) is -3.68. The topological polar surface area (TPSA) is 135 Å². The quantitative estimate of drug-likeness (QED) is 0.427. The van der Waals surface area contributed by atoms with Gasteiger partial charge in [-0.2, -0.15) is 13.2 Å². The van der Waals surface area contributed by atoms with E-state index in [4.69, 9.17) is 15.6 Å². The van der Waals surface area contributed by atoms with E-state index < -0.39 is 28.0 Å². The summed E-state index contributed by atoms with van der Waals surface area (Å²) in [6.07, 6.45) is -0.0986. The van der Waals surface area contributed by atoms with Gasteiger partial charge in [-0.05, 0) is 36.5 Å². The first-order valence-electron chi connectivity index (χ1n) is 10.1. The molecule has 0 radical (unpaired) electrons. The van der Waals surface area contributed by atoms with E-state index in [1.54, 1.807) is 30.3 Å². The van der Waals surface area contributed by atoms with Crippen LogP contribution in [0.4, 0.5) is 23.5 Å². The highest BCUT2D eigenvalue weighted by Crippen LogP contribution is 2.32. The van der Waals surface area contributed by atoms with Gasteiger partial charge >= 0.3 is 12.1 Å². The number of carboxylic acid groups (broad SMARTS) is 1. The highest BCUT2D eigenvalue weighted by atomic mass is 32.2. The van der Waals surface area contributed by atoms with Crippen LogP contribution in [0, 0.1) is 11.7 Å². The Bertz CT molecular complexity index is 1310. The van der Waals surface area contributed by atoms with Crippen molar-refractivity contribution >= 4 is 21.9 Å². The summed E-state index contributed by atoms with van der Waals surface area (Å²) in [5, 5.41) is 7.12. The molecule has 0 amide bonds. The molecule has 13 heteroatoms. The van der Waals surface area contributed by atoms with Gasteiger partial charge in [0.2, 0.25) is 16.0 Å². The number of nitrogens with two attached hydrogens (primary N) is 1. The lowest BCUT2D eigenvalue weighted by molar-refractivity contribution is -0.192. The van der Waals surface area contributed by atoms with Crippen molar-refractivity contribution in [3.05, 3.63) is 60.7 Å². The van der Waals surface area contributed by atoms with Crippen LogP contribution in [0.1, 0.15) is 12.8 Å². The van der Waals surface area contributed by atoms with Crippen LogP contribution in [0.5, 0.6) is 0 Å². The summed E-state index contributed by atoms with van der Waals surface area (Å²) in [4.78, 5) is 16.8. The van der Waals surface area contributed by atoms with Crippen LogP contribution in [0.25, 0.3) is 22.3 Å². The van der Waals surface area contributed by atoms with Crippen molar-refractivity contribution in [3.8, 4) is 22.3 Å². The average Bonchev–Trinajstić information content (AvgIpc) is 3.63. The minimum atomic E-state index is -5.08. The highest BCUT2D eigenvalue weighted by Gasteiger charge is 2.38. The molecule has 0 saturated heterocycles. The third-order valence-electron chi connectivity index (χ3n) is 4.94. The zero-order valence-corrected chi connectivity index (χ0v) is 18.8. The summed E-state index contributed by atoms with van der Waals surface area (Å²) < 4.78 is 74.6. The monoisotopic (exact) mass is 512 g/mol. The second-order valence-corrected chi connectivity index (χ2v) is 9.35. The van der Waals surface area contributed by atoms with Gasteiger partial charge in [0, 0.05) is 35.6 Å². The van der Waals surface area contributed by atoms with Gasteiger partial charge in [0.05, 0.1) is 4.90 Å². The Morgan fingerprint density at radius 1 is 1.06 bits per heavy atom. The molecule has 0 unspecified atom stereocenters. The number of benzene rings is 2. The zero-order chi connectivity index (χ0) is 25.8. The number of aliphatic carboxylic acids is 1. The van der Waals surface area contributed by atoms with Gasteiger partial charge in [0.15, 0.2) is 0 Å². The summed E-state index contributed by atoms with van der Waals surface area (Å²) in [5.74, 6) is -2.73. The van der Waals surface area contributed by atoms with Crippen molar-refractivity contribution in [2.24, 2.45) is 5.92 Å². The normalized spacial score (nSPS) is 13.6. The van der Waals surface area contributed by atoms with E-state index in [2.05, 4.69) is 14.7 Å². The Morgan fingerprint density at radius 3 is 2.20 bits per heavy atom. The maximum Gasteiger partial charge on any atom is 0.490 e. The first-order chi connectivity index (χ1) is 16.4. The Hall–Kier alpha value is -3.58. The number of nitrogens with zero attached hydrogens (tertiary/aromatic N) is 2. The summed E-state index contributed by atoms with van der Waals surface area (Å²) in [6.45, 7) is 0.432. The summed E-state index contributed by atoms with van der Waals surface area (Å²) in [6, 6.07) is 11.2. The third kappa shape index (κ3) is 6.96. The van der Waals surface area contributed by atoms with E-state index in [9.17, 15) is 26.0 Å². The fourth-order valence-corrected chi connectivity index (χ4v) is 4.30. The van der Waals surface area contributed by atoms with Crippen LogP contribution < -0.4 is 10.5 Å². The van der Waals surface area contributed by atoms with Gasteiger partial charge in [0.1, 0.15) is 5.82 Å². The highest BCUT2D eigenvalue weighted by molar-refractivity contribution is 7.89. The molecule has 1 aliphatic carbocycles. The van der Waals surface area contributed by atoms with E-state index in [-0.39, 0.29) is 10.8 Å². The molecule has 3 aromatic rings. The minimum absolute atomic E-state index is 0.110. The first-order valence-corrected chi connectivity index (χ1v) is 11.6. The van der Waals surface area contributed by atoms with Gasteiger partial charge in [-0.3, -0.25) is 0 Å². The van der Waals surface area contributed by atoms with E-state index in [1.165, 1.54) is 24.5 Å². The Kier molecular flexibility index (Phi) is 7.70. The Morgan fingerprint density at radius 2 is 1.66 bits per heavy atom. The number of carbonyl (C=O) groups is 1. The van der Waals surface area contributed by atoms with Crippen LogP contribution in [-0.4, -0.2) is 42.2 Å². The predicted molar refractivity (Wildman–Crippen MR) is 119 cm³/mol. The lowest BCUT2D eigenvalue weighted by Gasteiger charge is -2.12. The molecular formula is C22H20F4N4O4S. The van der Waals surface area contributed by atoms with Crippen LogP contribution in [0.3, 0.4) is 0 Å². The van der Waals surface area contributed by atoms with Gasteiger partial charge < -0.3 is 10.8 Å². The van der Waals surface area contributed by atoms with Crippen molar-refractivity contribution in [3.63, 3.8) is 0 Å². The number of halogens is 4. The maximum absolute atomic E-state index is 14.8. The van der Waals surface area contributed by atoms with Crippen molar-refractivity contribution < 1.29 is 35.9 Å².